The molecule has 0 aliphatic heterocycles. The molecule has 0 atom stereocenters. The van der Waals surface area contributed by atoms with Crippen LogP contribution in [0, 0.1) is 0 Å². The zero-order chi connectivity index (χ0) is 24.0. The summed E-state index contributed by atoms with van der Waals surface area (Å²) in [5.41, 5.74) is 4.23. The standard InChI is InChI=1S/C27H22ClN5O2/c28-23-16-29-33(18-23)17-20-5-4-8-24(15-20)30-27(34)26-13-14-32(31-26)19-35-25-11-9-22(10-12-25)21-6-2-1-3-7-21/h1-16,18H,17,19H2,(H,30,34). The van der Waals surface area contributed by atoms with Crippen LogP contribution in [0.15, 0.2) is 104 Å². The lowest BCUT2D eigenvalue weighted by molar-refractivity contribution is 0.102. The Hall–Kier alpha value is -4.36. The summed E-state index contributed by atoms with van der Waals surface area (Å²) in [6.45, 7) is 0.745. The van der Waals surface area contributed by atoms with Crippen LogP contribution in [0.3, 0.4) is 0 Å². The Morgan fingerprint density at radius 2 is 1.71 bits per heavy atom. The molecule has 1 N–H and O–H groups in total. The fraction of sp³-hybridized carbons (Fsp3) is 0.0741. The van der Waals surface area contributed by atoms with Crippen molar-refractivity contribution in [2.24, 2.45) is 0 Å². The Morgan fingerprint density at radius 1 is 0.914 bits per heavy atom. The van der Waals surface area contributed by atoms with Gasteiger partial charge in [-0.2, -0.15) is 10.2 Å². The molecule has 0 unspecified atom stereocenters. The Labute approximate surface area is 207 Å². The normalized spacial score (nSPS) is 10.8. The van der Waals surface area contributed by atoms with Gasteiger partial charge in [-0.1, -0.05) is 66.2 Å². The molecule has 35 heavy (non-hydrogen) atoms. The predicted molar refractivity (Wildman–Crippen MR) is 135 cm³/mol. The average Bonchev–Trinajstić information content (AvgIpc) is 3.53. The van der Waals surface area contributed by atoms with E-state index >= 15 is 0 Å². The molecule has 0 saturated carbocycles. The lowest BCUT2D eigenvalue weighted by atomic mass is 10.1. The molecule has 1 amide bonds. The molecule has 2 aromatic heterocycles. The summed E-state index contributed by atoms with van der Waals surface area (Å²) in [5, 5.41) is 12.0. The molecule has 5 rings (SSSR count). The molecular formula is C27H22ClN5O2. The van der Waals surface area contributed by atoms with Crippen molar-refractivity contribution in [1.82, 2.24) is 19.6 Å². The number of nitrogens with zero attached hydrogens (tertiary/aromatic N) is 4. The summed E-state index contributed by atoms with van der Waals surface area (Å²) in [4.78, 5) is 12.7. The second-order valence-corrected chi connectivity index (χ2v) is 8.35. The number of nitrogens with one attached hydrogen (secondary N) is 1. The van der Waals surface area contributed by atoms with Gasteiger partial charge in [0.05, 0.1) is 17.8 Å². The number of hydrogen-bond donors (Lipinski definition) is 1. The summed E-state index contributed by atoms with van der Waals surface area (Å²) >= 11 is 5.92. The molecule has 5 aromatic rings. The van der Waals surface area contributed by atoms with Gasteiger partial charge in [-0.15, -0.1) is 0 Å². The maximum absolute atomic E-state index is 12.7. The van der Waals surface area contributed by atoms with E-state index in [-0.39, 0.29) is 12.6 Å². The van der Waals surface area contributed by atoms with E-state index in [2.05, 4.69) is 27.6 Å². The second-order valence-electron chi connectivity index (χ2n) is 7.91. The Kier molecular flexibility index (Phi) is 6.59. The Balaban J connectivity index is 1.17. The van der Waals surface area contributed by atoms with Crippen LogP contribution >= 0.6 is 11.6 Å². The molecular weight excluding hydrogens is 462 g/mol. The van der Waals surface area contributed by atoms with Gasteiger partial charge in [-0.05, 0) is 47.0 Å². The molecule has 7 nitrogen and oxygen atoms in total. The molecule has 3 aromatic carbocycles. The van der Waals surface area contributed by atoms with Crippen molar-refractivity contribution in [3.8, 4) is 16.9 Å². The van der Waals surface area contributed by atoms with Gasteiger partial charge in [-0.25, -0.2) is 4.68 Å². The highest BCUT2D eigenvalue weighted by molar-refractivity contribution is 6.30. The minimum atomic E-state index is -0.296. The molecule has 0 saturated heterocycles. The van der Waals surface area contributed by atoms with E-state index in [4.69, 9.17) is 16.3 Å². The van der Waals surface area contributed by atoms with Crippen LogP contribution in [0.25, 0.3) is 11.1 Å². The molecule has 0 bridgehead atoms. The molecule has 0 aliphatic carbocycles. The minimum absolute atomic E-state index is 0.194. The third-order valence-electron chi connectivity index (χ3n) is 5.33. The number of anilines is 1. The van der Waals surface area contributed by atoms with Gasteiger partial charge in [0.15, 0.2) is 12.4 Å². The van der Waals surface area contributed by atoms with Crippen molar-refractivity contribution in [3.05, 3.63) is 120 Å². The average molecular weight is 484 g/mol. The molecule has 0 fully saturated rings. The summed E-state index contributed by atoms with van der Waals surface area (Å²) < 4.78 is 9.14. The van der Waals surface area contributed by atoms with Gasteiger partial charge in [0.1, 0.15) is 5.75 Å². The predicted octanol–water partition coefficient (Wildman–Crippen LogP) is 5.74. The topological polar surface area (TPSA) is 74.0 Å². The summed E-state index contributed by atoms with van der Waals surface area (Å²) in [7, 11) is 0. The van der Waals surface area contributed by atoms with Crippen molar-refractivity contribution >= 4 is 23.2 Å². The van der Waals surface area contributed by atoms with Gasteiger partial charge in [0.25, 0.3) is 5.91 Å². The zero-order valence-corrected chi connectivity index (χ0v) is 19.5. The number of ether oxygens (including phenoxy) is 1. The number of carbonyl (C=O) groups excluding carboxylic acids is 1. The number of hydrogen-bond acceptors (Lipinski definition) is 4. The summed E-state index contributed by atoms with van der Waals surface area (Å²) in [6, 6.07) is 27.3. The number of halogens is 1. The zero-order valence-electron chi connectivity index (χ0n) is 18.7. The van der Waals surface area contributed by atoms with E-state index in [0.717, 1.165) is 22.4 Å². The lowest BCUT2D eigenvalue weighted by Crippen LogP contribution is -2.14. The lowest BCUT2D eigenvalue weighted by Gasteiger charge is -2.08. The Bertz CT molecular complexity index is 1430. The van der Waals surface area contributed by atoms with Crippen LogP contribution in [0.2, 0.25) is 5.02 Å². The molecule has 0 spiro atoms. The quantitative estimate of drug-likeness (QED) is 0.305. The van der Waals surface area contributed by atoms with Crippen LogP contribution in [0.5, 0.6) is 5.75 Å². The van der Waals surface area contributed by atoms with Gasteiger partial charge in [0, 0.05) is 18.1 Å². The van der Waals surface area contributed by atoms with Crippen molar-refractivity contribution in [2.75, 3.05) is 5.32 Å². The van der Waals surface area contributed by atoms with Crippen molar-refractivity contribution in [1.29, 1.82) is 0 Å². The molecule has 8 heteroatoms. The largest absolute Gasteiger partial charge is 0.471 e. The maximum atomic E-state index is 12.7. The first-order valence-electron chi connectivity index (χ1n) is 11.0. The number of amides is 1. The van der Waals surface area contributed by atoms with Crippen molar-refractivity contribution in [2.45, 2.75) is 13.3 Å². The van der Waals surface area contributed by atoms with Gasteiger partial charge >= 0.3 is 0 Å². The first-order chi connectivity index (χ1) is 17.1. The molecule has 0 radical (unpaired) electrons. The minimum Gasteiger partial charge on any atom is -0.471 e. The van der Waals surface area contributed by atoms with E-state index in [1.807, 2.05) is 66.7 Å². The summed E-state index contributed by atoms with van der Waals surface area (Å²) in [5.74, 6) is 0.428. The first-order valence-corrected chi connectivity index (χ1v) is 11.4. The van der Waals surface area contributed by atoms with E-state index in [0.29, 0.717) is 22.9 Å². The first kappa shape index (κ1) is 22.4. The van der Waals surface area contributed by atoms with E-state index in [1.54, 1.807) is 34.0 Å². The number of aromatic nitrogens is 4. The molecule has 174 valence electrons. The fourth-order valence-corrected chi connectivity index (χ4v) is 3.78. The van der Waals surface area contributed by atoms with E-state index in [9.17, 15) is 4.79 Å². The third-order valence-corrected chi connectivity index (χ3v) is 5.52. The number of benzene rings is 3. The van der Waals surface area contributed by atoms with Gasteiger partial charge < -0.3 is 10.1 Å². The van der Waals surface area contributed by atoms with Crippen LogP contribution in [0.1, 0.15) is 16.1 Å². The van der Waals surface area contributed by atoms with Crippen LogP contribution < -0.4 is 10.1 Å². The maximum Gasteiger partial charge on any atom is 0.276 e. The number of rotatable bonds is 8. The second kappa shape index (κ2) is 10.3. The summed E-state index contributed by atoms with van der Waals surface area (Å²) in [6.07, 6.45) is 5.05. The van der Waals surface area contributed by atoms with Gasteiger partial charge in [0.2, 0.25) is 0 Å². The highest BCUT2D eigenvalue weighted by Crippen LogP contribution is 2.22. The molecule has 0 aliphatic rings. The van der Waals surface area contributed by atoms with Crippen molar-refractivity contribution < 1.29 is 9.53 Å². The van der Waals surface area contributed by atoms with Gasteiger partial charge in [-0.3, -0.25) is 9.48 Å². The number of carbonyl (C=O) groups is 1. The SMILES string of the molecule is O=C(Nc1cccc(Cn2cc(Cl)cn2)c1)c1ccn(COc2ccc(-c3ccccc3)cc2)n1. The smallest absolute Gasteiger partial charge is 0.276 e. The fourth-order valence-electron chi connectivity index (χ4n) is 3.62. The van der Waals surface area contributed by atoms with Crippen LogP contribution in [-0.2, 0) is 13.3 Å². The highest BCUT2D eigenvalue weighted by atomic mass is 35.5. The molecule has 2 heterocycles. The van der Waals surface area contributed by atoms with Crippen LogP contribution in [-0.4, -0.2) is 25.5 Å². The Morgan fingerprint density at radius 3 is 2.49 bits per heavy atom. The van der Waals surface area contributed by atoms with E-state index < -0.39 is 0 Å². The third kappa shape index (κ3) is 5.77. The van der Waals surface area contributed by atoms with Crippen LogP contribution in [0.4, 0.5) is 5.69 Å². The van der Waals surface area contributed by atoms with Crippen molar-refractivity contribution in [3.63, 3.8) is 0 Å². The van der Waals surface area contributed by atoms with E-state index in [1.165, 1.54) is 0 Å². The highest BCUT2D eigenvalue weighted by Gasteiger charge is 2.11. The monoisotopic (exact) mass is 483 g/mol.